The topological polar surface area (TPSA) is 137 Å². The molecule has 57 heavy (non-hydrogen) atoms. The van der Waals surface area contributed by atoms with Crippen molar-refractivity contribution in [3.8, 4) is 6.07 Å². The Bertz CT molecular complexity index is 2180. The lowest BCUT2D eigenvalue weighted by Crippen LogP contribution is -2.54. The average Bonchev–Trinajstić information content (AvgIpc) is 3.84. The minimum absolute atomic E-state index is 0.0604. The number of amides is 5. The van der Waals surface area contributed by atoms with Crippen LogP contribution in [0, 0.1) is 22.7 Å². The number of nitrogens with zero attached hydrogens (tertiary/aromatic N) is 6. The van der Waals surface area contributed by atoms with Crippen molar-refractivity contribution in [3.05, 3.63) is 93.0 Å². The number of carbonyl (C=O) groups is 5. The second kappa shape index (κ2) is 14.6. The van der Waals surface area contributed by atoms with E-state index in [1.54, 1.807) is 0 Å². The van der Waals surface area contributed by atoms with Crippen LogP contribution in [-0.2, 0) is 22.4 Å². The fraction of sp³-hybridized carbons (Fsp3) is 0.455. The highest BCUT2D eigenvalue weighted by atomic mass is 35.5. The fourth-order valence-corrected chi connectivity index (χ4v) is 10.6. The summed E-state index contributed by atoms with van der Waals surface area (Å²) in [5, 5.41) is 12.0. The van der Waals surface area contributed by atoms with Crippen molar-refractivity contribution in [2.75, 3.05) is 62.2 Å². The van der Waals surface area contributed by atoms with Gasteiger partial charge >= 0.3 is 0 Å². The molecular formula is C44H46ClN7O5. The van der Waals surface area contributed by atoms with Gasteiger partial charge in [-0.05, 0) is 123 Å². The molecule has 294 valence electrons. The maximum Gasteiger partial charge on any atom is 0.262 e. The maximum atomic E-state index is 13.6. The number of benzene rings is 3. The highest BCUT2D eigenvalue weighted by Crippen LogP contribution is 2.46. The first-order valence-electron chi connectivity index (χ1n) is 20.2. The average molecular weight is 788 g/mol. The lowest BCUT2D eigenvalue weighted by Gasteiger charge is -2.40. The summed E-state index contributed by atoms with van der Waals surface area (Å²) in [6, 6.07) is 19.1. The molecule has 12 nitrogen and oxygen atoms in total. The molecule has 5 heterocycles. The monoisotopic (exact) mass is 787 g/mol. The summed E-state index contributed by atoms with van der Waals surface area (Å²) in [5.41, 5.74) is 6.51. The third-order valence-corrected chi connectivity index (χ3v) is 13.7. The van der Waals surface area contributed by atoms with Gasteiger partial charge in [-0.2, -0.15) is 5.26 Å². The van der Waals surface area contributed by atoms with Gasteiger partial charge in [0.1, 0.15) is 12.1 Å². The lowest BCUT2D eigenvalue weighted by molar-refractivity contribution is -0.136. The van der Waals surface area contributed by atoms with E-state index in [4.69, 9.17) is 11.6 Å². The Labute approximate surface area is 337 Å². The molecule has 2 atom stereocenters. The van der Waals surface area contributed by atoms with Crippen molar-refractivity contribution in [3.63, 3.8) is 0 Å². The van der Waals surface area contributed by atoms with Crippen LogP contribution >= 0.6 is 11.6 Å². The Morgan fingerprint density at radius 2 is 1.53 bits per heavy atom. The van der Waals surface area contributed by atoms with Gasteiger partial charge in [0.25, 0.3) is 17.7 Å². The molecule has 4 fully saturated rings. The molecule has 1 spiro atoms. The largest absolute Gasteiger partial charge is 0.371 e. The predicted molar refractivity (Wildman–Crippen MR) is 214 cm³/mol. The van der Waals surface area contributed by atoms with E-state index < -0.39 is 23.8 Å². The Hall–Kier alpha value is -5.25. The predicted octanol–water partition coefficient (Wildman–Crippen LogP) is 4.67. The molecule has 0 radical (unpaired) electrons. The van der Waals surface area contributed by atoms with E-state index in [-0.39, 0.29) is 30.1 Å². The normalized spacial score (nSPS) is 23.6. The number of anilines is 2. The zero-order valence-corrected chi connectivity index (χ0v) is 32.9. The highest BCUT2D eigenvalue weighted by Gasteiger charge is 2.46. The highest BCUT2D eigenvalue weighted by molar-refractivity contribution is 6.32. The molecule has 1 N–H and O–H groups in total. The van der Waals surface area contributed by atoms with Crippen LogP contribution in [0.3, 0.4) is 0 Å². The molecule has 1 unspecified atom stereocenters. The number of piperazine rings is 1. The first kappa shape index (κ1) is 37.3. The van der Waals surface area contributed by atoms with Gasteiger partial charge in [0.15, 0.2) is 0 Å². The molecule has 6 aliphatic rings. The number of rotatable bonds is 6. The van der Waals surface area contributed by atoms with Gasteiger partial charge in [-0.1, -0.05) is 11.6 Å². The molecule has 3 aromatic rings. The fourth-order valence-electron chi connectivity index (χ4n) is 10.3. The zero-order valence-electron chi connectivity index (χ0n) is 32.1. The van der Waals surface area contributed by atoms with Crippen molar-refractivity contribution in [2.24, 2.45) is 11.3 Å². The summed E-state index contributed by atoms with van der Waals surface area (Å²) in [4.78, 5) is 74.5. The van der Waals surface area contributed by atoms with E-state index in [1.807, 2.05) is 47.4 Å². The second-order valence-electron chi connectivity index (χ2n) is 17.0. The summed E-state index contributed by atoms with van der Waals surface area (Å²) in [5.74, 6) is -1.52. The number of imide groups is 2. The van der Waals surface area contributed by atoms with Crippen molar-refractivity contribution in [1.82, 2.24) is 20.0 Å². The molecule has 9 rings (SSSR count). The van der Waals surface area contributed by atoms with Crippen molar-refractivity contribution >= 4 is 52.5 Å². The maximum absolute atomic E-state index is 13.6. The first-order valence-corrected chi connectivity index (χ1v) is 20.6. The summed E-state index contributed by atoms with van der Waals surface area (Å²) >= 11 is 6.37. The molecule has 1 aliphatic carbocycles. The van der Waals surface area contributed by atoms with Gasteiger partial charge in [0.05, 0.1) is 21.7 Å². The number of hydrogen-bond donors (Lipinski definition) is 1. The molecule has 13 heteroatoms. The van der Waals surface area contributed by atoms with Gasteiger partial charge in [-0.25, -0.2) is 0 Å². The SMILES string of the molecule is C[C@H]1CC2(CCN(c3ccc(C(=O)N4CCN(CC5Cc6cc7c(cc6C5)C(=O)N(C5CCC(=O)NC5=O)C7=O)CC4)cc3)CC2)CN1c1ccc(C#N)c(Cl)c1. The number of halogens is 1. The van der Waals surface area contributed by atoms with Gasteiger partial charge in [-0.3, -0.25) is 39.1 Å². The molecule has 5 aliphatic heterocycles. The van der Waals surface area contributed by atoms with Gasteiger partial charge in [0, 0.05) is 81.8 Å². The zero-order chi connectivity index (χ0) is 39.6. The summed E-state index contributed by atoms with van der Waals surface area (Å²) < 4.78 is 0. The minimum atomic E-state index is -0.964. The van der Waals surface area contributed by atoms with Crippen LogP contribution in [-0.4, -0.2) is 109 Å². The summed E-state index contributed by atoms with van der Waals surface area (Å²) in [7, 11) is 0. The standard InChI is InChI=1S/C44H46ClN7O5/c1-27-23-44(26-51(27)34-7-4-30(24-46)37(45)22-34)10-12-49(13-11-44)33-5-2-29(3-6-33)41(55)50-16-14-48(15-17-50)25-28-18-31-20-35-36(21-32(31)19-28)43(57)52(42(35)56)38-8-9-39(53)47-40(38)54/h2-7,20-22,27-28,38H,8-19,23,25-26H2,1H3,(H,47,53,54)/t27-,38?/m0/s1. The van der Waals surface area contributed by atoms with Crippen LogP contribution in [0.4, 0.5) is 11.4 Å². The smallest absolute Gasteiger partial charge is 0.262 e. The van der Waals surface area contributed by atoms with E-state index in [0.29, 0.717) is 52.3 Å². The Morgan fingerprint density at radius 1 is 0.877 bits per heavy atom. The Kier molecular flexibility index (Phi) is 9.56. The number of carbonyl (C=O) groups excluding carboxylic acids is 5. The van der Waals surface area contributed by atoms with Crippen LogP contribution < -0.4 is 15.1 Å². The molecule has 0 bridgehead atoms. The van der Waals surface area contributed by atoms with E-state index in [1.165, 1.54) is 0 Å². The number of nitrogens with one attached hydrogen (secondary N) is 1. The molecule has 0 saturated carbocycles. The van der Waals surface area contributed by atoms with Crippen molar-refractivity contribution in [2.45, 2.75) is 64.0 Å². The van der Waals surface area contributed by atoms with Gasteiger partial charge in [0.2, 0.25) is 11.8 Å². The van der Waals surface area contributed by atoms with E-state index in [0.717, 1.165) is 98.8 Å². The molecule has 4 saturated heterocycles. The van der Waals surface area contributed by atoms with Crippen LogP contribution in [0.2, 0.25) is 5.02 Å². The molecule has 3 aromatic carbocycles. The van der Waals surface area contributed by atoms with Crippen LogP contribution in [0.1, 0.15) is 86.8 Å². The Morgan fingerprint density at radius 3 is 2.14 bits per heavy atom. The summed E-state index contributed by atoms with van der Waals surface area (Å²) in [6.07, 6.45) is 5.18. The first-order chi connectivity index (χ1) is 27.5. The summed E-state index contributed by atoms with van der Waals surface area (Å²) in [6.45, 7) is 8.97. The third-order valence-electron chi connectivity index (χ3n) is 13.4. The van der Waals surface area contributed by atoms with Crippen LogP contribution in [0.15, 0.2) is 54.6 Å². The molecule has 5 amide bonds. The van der Waals surface area contributed by atoms with Gasteiger partial charge < -0.3 is 14.7 Å². The second-order valence-corrected chi connectivity index (χ2v) is 17.4. The number of fused-ring (bicyclic) bond motifs is 2. The third kappa shape index (κ3) is 6.84. The van der Waals surface area contributed by atoms with Crippen molar-refractivity contribution in [1.29, 1.82) is 5.26 Å². The van der Waals surface area contributed by atoms with E-state index in [9.17, 15) is 29.2 Å². The molecular weight excluding hydrogens is 742 g/mol. The van der Waals surface area contributed by atoms with E-state index >= 15 is 0 Å². The number of piperidine rings is 2. The minimum Gasteiger partial charge on any atom is -0.371 e. The Balaban J connectivity index is 0.745. The quantitative estimate of drug-likeness (QED) is 0.354. The van der Waals surface area contributed by atoms with E-state index in [2.05, 4.69) is 45.1 Å². The number of hydrogen-bond acceptors (Lipinski definition) is 9. The van der Waals surface area contributed by atoms with Crippen molar-refractivity contribution < 1.29 is 24.0 Å². The van der Waals surface area contributed by atoms with Crippen LogP contribution in [0.25, 0.3) is 0 Å². The number of nitriles is 1. The van der Waals surface area contributed by atoms with Gasteiger partial charge in [-0.15, -0.1) is 0 Å². The van der Waals surface area contributed by atoms with Crippen LogP contribution in [0.5, 0.6) is 0 Å². The molecule has 0 aromatic heterocycles. The lowest BCUT2D eigenvalue weighted by atomic mass is 9.76.